The fourth-order valence-electron chi connectivity index (χ4n) is 0.852. The second-order valence-corrected chi connectivity index (χ2v) is 4.77. The molecule has 1 atom stereocenters. The van der Waals surface area contributed by atoms with E-state index >= 15 is 0 Å². The average Bonchev–Trinajstić information content (AvgIpc) is 2.36. The second-order valence-electron chi connectivity index (χ2n) is 2.29. The minimum absolute atomic E-state index is 0.0552. The third-order valence-electron chi connectivity index (χ3n) is 1.58. The van der Waals surface area contributed by atoms with Crippen LogP contribution < -0.4 is 10.6 Å². The molecule has 6 heteroatoms. The molecular formula is C5H10N2O3S. The van der Waals surface area contributed by atoms with Gasteiger partial charge in [0.1, 0.15) is 0 Å². The number of rotatable bonds is 2. The van der Waals surface area contributed by atoms with E-state index in [9.17, 15) is 13.2 Å². The summed E-state index contributed by atoms with van der Waals surface area (Å²) in [7, 11) is -3.13. The van der Waals surface area contributed by atoms with Crippen molar-refractivity contribution in [1.29, 1.82) is 0 Å². The van der Waals surface area contributed by atoms with Crippen LogP contribution in [-0.2, 0) is 9.84 Å². The molecule has 1 heterocycles. The Balaban J connectivity index is 2.71. The van der Waals surface area contributed by atoms with Crippen LogP contribution in [0.4, 0.5) is 4.79 Å². The molecule has 1 rings (SSSR count). The average molecular weight is 178 g/mol. The molecule has 11 heavy (non-hydrogen) atoms. The van der Waals surface area contributed by atoms with Gasteiger partial charge in [0.05, 0.1) is 6.54 Å². The lowest BCUT2D eigenvalue weighted by Crippen LogP contribution is -2.35. The Hall–Kier alpha value is -0.780. The zero-order chi connectivity index (χ0) is 8.48. The van der Waals surface area contributed by atoms with Crippen molar-refractivity contribution in [3.05, 3.63) is 0 Å². The molecule has 0 spiro atoms. The molecule has 1 aliphatic rings. The molecule has 64 valence electrons. The molecular weight excluding hydrogens is 168 g/mol. The van der Waals surface area contributed by atoms with Gasteiger partial charge in [0.15, 0.2) is 15.2 Å². The van der Waals surface area contributed by atoms with Gasteiger partial charge < -0.3 is 10.6 Å². The van der Waals surface area contributed by atoms with Crippen molar-refractivity contribution in [3.8, 4) is 0 Å². The molecule has 1 saturated heterocycles. The monoisotopic (exact) mass is 178 g/mol. The van der Waals surface area contributed by atoms with Crippen LogP contribution in [0.25, 0.3) is 0 Å². The largest absolute Gasteiger partial charge is 0.335 e. The van der Waals surface area contributed by atoms with Crippen LogP contribution in [-0.4, -0.2) is 32.1 Å². The van der Waals surface area contributed by atoms with Gasteiger partial charge in [0.25, 0.3) is 0 Å². The topological polar surface area (TPSA) is 75.3 Å². The van der Waals surface area contributed by atoms with Crippen LogP contribution in [0, 0.1) is 0 Å². The SMILES string of the molecule is CCS(=O)(=O)C1CNC(=O)N1. The maximum absolute atomic E-state index is 11.1. The highest BCUT2D eigenvalue weighted by molar-refractivity contribution is 7.92. The molecule has 5 nitrogen and oxygen atoms in total. The Bertz CT molecular complexity index is 259. The number of urea groups is 1. The molecule has 0 radical (unpaired) electrons. The van der Waals surface area contributed by atoms with Crippen molar-refractivity contribution in [1.82, 2.24) is 10.6 Å². The van der Waals surface area contributed by atoms with Gasteiger partial charge in [-0.05, 0) is 0 Å². The van der Waals surface area contributed by atoms with E-state index in [1.807, 2.05) is 0 Å². The fraction of sp³-hybridized carbons (Fsp3) is 0.800. The summed E-state index contributed by atoms with van der Waals surface area (Å²) in [5.74, 6) is 0.0552. The number of nitrogens with one attached hydrogen (secondary N) is 2. The Labute approximate surface area is 65.1 Å². The lowest BCUT2D eigenvalue weighted by Gasteiger charge is -2.06. The Morgan fingerprint density at radius 1 is 1.64 bits per heavy atom. The number of hydrogen-bond acceptors (Lipinski definition) is 3. The van der Waals surface area contributed by atoms with Crippen LogP contribution in [0.15, 0.2) is 0 Å². The molecule has 2 amide bonds. The maximum atomic E-state index is 11.1. The molecule has 1 fully saturated rings. The van der Waals surface area contributed by atoms with Gasteiger partial charge in [-0.1, -0.05) is 6.92 Å². The van der Waals surface area contributed by atoms with Crippen LogP contribution in [0.2, 0.25) is 0 Å². The smallest absolute Gasteiger partial charge is 0.315 e. The maximum Gasteiger partial charge on any atom is 0.315 e. The quantitative estimate of drug-likeness (QED) is 0.573. The van der Waals surface area contributed by atoms with Gasteiger partial charge in [-0.2, -0.15) is 0 Å². The highest BCUT2D eigenvalue weighted by Crippen LogP contribution is 2.01. The van der Waals surface area contributed by atoms with E-state index in [-0.39, 0.29) is 12.3 Å². The Kier molecular flexibility index (Phi) is 2.03. The molecule has 1 unspecified atom stereocenters. The minimum atomic E-state index is -3.13. The van der Waals surface area contributed by atoms with E-state index in [4.69, 9.17) is 0 Å². The summed E-state index contributed by atoms with van der Waals surface area (Å²) in [5, 5.41) is 3.95. The summed E-state index contributed by atoms with van der Waals surface area (Å²) >= 11 is 0. The summed E-state index contributed by atoms with van der Waals surface area (Å²) in [6, 6.07) is -0.410. The van der Waals surface area contributed by atoms with Gasteiger partial charge in [-0.25, -0.2) is 13.2 Å². The first-order valence-electron chi connectivity index (χ1n) is 3.32. The van der Waals surface area contributed by atoms with Crippen LogP contribution in [0.3, 0.4) is 0 Å². The van der Waals surface area contributed by atoms with E-state index in [0.717, 1.165) is 0 Å². The third kappa shape index (κ3) is 1.62. The summed E-state index contributed by atoms with van der Waals surface area (Å²) in [4.78, 5) is 10.5. The molecule has 0 saturated carbocycles. The second kappa shape index (κ2) is 2.69. The van der Waals surface area contributed by atoms with Gasteiger partial charge in [-0.15, -0.1) is 0 Å². The van der Waals surface area contributed by atoms with Gasteiger partial charge >= 0.3 is 6.03 Å². The third-order valence-corrected chi connectivity index (χ3v) is 3.53. The molecule has 0 bridgehead atoms. The van der Waals surface area contributed by atoms with E-state index < -0.39 is 21.2 Å². The molecule has 2 N–H and O–H groups in total. The van der Waals surface area contributed by atoms with Crippen molar-refractivity contribution in [2.24, 2.45) is 0 Å². The lowest BCUT2D eigenvalue weighted by molar-refractivity contribution is 0.248. The zero-order valence-electron chi connectivity index (χ0n) is 6.12. The molecule has 0 aromatic heterocycles. The van der Waals surface area contributed by atoms with Crippen molar-refractivity contribution in [2.45, 2.75) is 12.3 Å². The zero-order valence-corrected chi connectivity index (χ0v) is 6.94. The van der Waals surface area contributed by atoms with Crippen molar-refractivity contribution < 1.29 is 13.2 Å². The summed E-state index contributed by atoms with van der Waals surface area (Å²) in [6.45, 7) is 1.73. The predicted molar refractivity (Wildman–Crippen MR) is 39.8 cm³/mol. The van der Waals surface area contributed by atoms with E-state index in [1.54, 1.807) is 6.92 Å². The van der Waals surface area contributed by atoms with E-state index in [2.05, 4.69) is 10.6 Å². The molecule has 1 aliphatic heterocycles. The highest BCUT2D eigenvalue weighted by atomic mass is 32.2. The Morgan fingerprint density at radius 3 is 2.64 bits per heavy atom. The minimum Gasteiger partial charge on any atom is -0.335 e. The lowest BCUT2D eigenvalue weighted by atomic mass is 10.7. The van der Waals surface area contributed by atoms with Gasteiger partial charge in [-0.3, -0.25) is 0 Å². The molecule has 0 aromatic rings. The standard InChI is InChI=1S/C5H10N2O3S/c1-2-11(9,10)4-3-6-5(8)7-4/h4H,2-3H2,1H3,(H2,6,7,8). The number of amides is 2. The molecule has 0 aliphatic carbocycles. The van der Waals surface area contributed by atoms with E-state index in [0.29, 0.717) is 0 Å². The normalized spacial score (nSPS) is 24.5. The van der Waals surface area contributed by atoms with Gasteiger partial charge in [0, 0.05) is 5.75 Å². The highest BCUT2D eigenvalue weighted by Gasteiger charge is 2.30. The first kappa shape index (κ1) is 8.32. The van der Waals surface area contributed by atoms with Crippen molar-refractivity contribution in [3.63, 3.8) is 0 Å². The van der Waals surface area contributed by atoms with Gasteiger partial charge in [0.2, 0.25) is 0 Å². The number of carbonyl (C=O) groups is 1. The summed E-state index contributed by atoms with van der Waals surface area (Å²) < 4.78 is 22.2. The molecule has 0 aromatic carbocycles. The van der Waals surface area contributed by atoms with Crippen LogP contribution in [0.5, 0.6) is 0 Å². The fourth-order valence-corrected chi connectivity index (χ4v) is 1.88. The first-order valence-corrected chi connectivity index (χ1v) is 5.03. The summed E-state index contributed by atoms with van der Waals surface area (Å²) in [6.07, 6.45) is 0. The van der Waals surface area contributed by atoms with Crippen LogP contribution >= 0.6 is 0 Å². The summed E-state index contributed by atoms with van der Waals surface area (Å²) in [5.41, 5.74) is 0. The number of hydrogen-bond donors (Lipinski definition) is 2. The predicted octanol–water partition coefficient (Wildman–Crippen LogP) is -0.940. The number of carbonyl (C=O) groups excluding carboxylic acids is 1. The number of sulfone groups is 1. The van der Waals surface area contributed by atoms with E-state index in [1.165, 1.54) is 0 Å². The van der Waals surface area contributed by atoms with Crippen LogP contribution in [0.1, 0.15) is 6.92 Å². The Morgan fingerprint density at radius 2 is 2.27 bits per heavy atom. The van der Waals surface area contributed by atoms with Crippen molar-refractivity contribution >= 4 is 15.9 Å². The first-order chi connectivity index (χ1) is 5.06. The van der Waals surface area contributed by atoms with Crippen molar-refractivity contribution in [2.75, 3.05) is 12.3 Å².